The van der Waals surface area contributed by atoms with Gasteiger partial charge in [0.2, 0.25) is 0 Å². The molecule has 4 N–H and O–H groups in total. The van der Waals surface area contributed by atoms with Gasteiger partial charge in [-0.2, -0.15) is 0 Å². The highest BCUT2D eigenvalue weighted by molar-refractivity contribution is 8.93. The Labute approximate surface area is 232 Å². The Balaban J connectivity index is 0.00000306. The van der Waals surface area contributed by atoms with Crippen LogP contribution in [-0.4, -0.2) is 52.4 Å². The molecule has 0 saturated carbocycles. The van der Waals surface area contributed by atoms with E-state index in [1.54, 1.807) is 12.1 Å². The van der Waals surface area contributed by atoms with Crippen molar-refractivity contribution in [3.8, 4) is 17.2 Å². The number of hydrogen-bond donors (Lipinski definition) is 4. The van der Waals surface area contributed by atoms with Crippen LogP contribution < -0.4 is 5.32 Å². The van der Waals surface area contributed by atoms with Gasteiger partial charge in [0, 0.05) is 11.6 Å². The van der Waals surface area contributed by atoms with Crippen LogP contribution in [0.4, 0.5) is 0 Å². The minimum absolute atomic E-state index is 0. The summed E-state index contributed by atoms with van der Waals surface area (Å²) in [5.41, 5.74) is 4.34. The zero-order valence-corrected chi connectivity index (χ0v) is 24.7. The Kier molecular flexibility index (Phi) is 14.9. The SMILES string of the molecule is Br.Br.CCCN(CCCCCCNCCc1ccc(O)c(C)c1)[C@H]1CCc2c(ccc(O)c2O)C1. The van der Waals surface area contributed by atoms with Crippen LogP contribution in [0.3, 0.4) is 0 Å². The summed E-state index contributed by atoms with van der Waals surface area (Å²) in [6, 6.07) is 10.00. The van der Waals surface area contributed by atoms with Crippen LogP contribution in [0.5, 0.6) is 17.2 Å². The zero-order valence-electron chi connectivity index (χ0n) is 21.3. The normalized spacial score (nSPS) is 14.8. The van der Waals surface area contributed by atoms with E-state index >= 15 is 0 Å². The highest BCUT2D eigenvalue weighted by Crippen LogP contribution is 2.36. The molecule has 2 aromatic carbocycles. The van der Waals surface area contributed by atoms with E-state index < -0.39 is 0 Å². The van der Waals surface area contributed by atoms with E-state index in [0.29, 0.717) is 11.8 Å². The molecule has 0 spiro atoms. The van der Waals surface area contributed by atoms with Crippen LogP contribution in [0.15, 0.2) is 30.3 Å². The minimum Gasteiger partial charge on any atom is -0.508 e. The molecule has 5 nitrogen and oxygen atoms in total. The number of aromatic hydroxyl groups is 3. The summed E-state index contributed by atoms with van der Waals surface area (Å²) < 4.78 is 0. The van der Waals surface area contributed by atoms with Crippen LogP contribution >= 0.6 is 34.0 Å². The fourth-order valence-electron chi connectivity index (χ4n) is 5.03. The summed E-state index contributed by atoms with van der Waals surface area (Å²) in [7, 11) is 0. The fourth-order valence-corrected chi connectivity index (χ4v) is 5.03. The first-order chi connectivity index (χ1) is 16.0. The number of hydrogen-bond acceptors (Lipinski definition) is 5. The van der Waals surface area contributed by atoms with E-state index in [4.69, 9.17) is 0 Å². The second kappa shape index (κ2) is 16.5. The molecule has 1 aliphatic rings. The third-order valence-corrected chi connectivity index (χ3v) is 6.97. The lowest BCUT2D eigenvalue weighted by molar-refractivity contribution is 0.175. The second-order valence-electron chi connectivity index (χ2n) is 9.54. The van der Waals surface area contributed by atoms with Crippen molar-refractivity contribution >= 4 is 34.0 Å². The van der Waals surface area contributed by atoms with Gasteiger partial charge in [-0.05, 0) is 107 Å². The number of rotatable bonds is 13. The molecule has 198 valence electrons. The number of nitrogens with zero attached hydrogens (tertiary/aromatic N) is 1. The molecule has 0 radical (unpaired) electrons. The molecule has 0 aromatic heterocycles. The summed E-state index contributed by atoms with van der Waals surface area (Å²) >= 11 is 0. The Morgan fingerprint density at radius 3 is 2.40 bits per heavy atom. The molecule has 1 aliphatic carbocycles. The number of halogens is 2. The zero-order chi connectivity index (χ0) is 23.6. The van der Waals surface area contributed by atoms with Crippen molar-refractivity contribution in [3.63, 3.8) is 0 Å². The maximum absolute atomic E-state index is 10.2. The van der Waals surface area contributed by atoms with Crippen molar-refractivity contribution in [2.75, 3.05) is 26.2 Å². The fraction of sp³-hybridized carbons (Fsp3) is 0.571. The van der Waals surface area contributed by atoms with Crippen LogP contribution in [0.25, 0.3) is 0 Å². The first-order valence-electron chi connectivity index (χ1n) is 12.8. The number of benzene rings is 2. The molecular weight excluding hydrogens is 572 g/mol. The molecule has 0 amide bonds. The van der Waals surface area contributed by atoms with Gasteiger partial charge in [-0.15, -0.1) is 34.0 Å². The lowest BCUT2D eigenvalue weighted by Gasteiger charge is -2.35. The number of phenolic OH excluding ortho intramolecular Hbond substituents is 3. The average molecular weight is 616 g/mol. The molecular formula is C28H44Br2N2O3. The molecule has 0 heterocycles. The monoisotopic (exact) mass is 614 g/mol. The molecule has 3 rings (SSSR count). The van der Waals surface area contributed by atoms with Crippen molar-refractivity contribution in [1.29, 1.82) is 0 Å². The average Bonchev–Trinajstić information content (AvgIpc) is 2.81. The lowest BCUT2D eigenvalue weighted by atomic mass is 9.86. The van der Waals surface area contributed by atoms with E-state index in [1.807, 2.05) is 19.1 Å². The summed E-state index contributed by atoms with van der Waals surface area (Å²) in [4.78, 5) is 2.64. The van der Waals surface area contributed by atoms with E-state index in [0.717, 1.165) is 69.4 Å². The topological polar surface area (TPSA) is 76.0 Å². The maximum atomic E-state index is 10.2. The van der Waals surface area contributed by atoms with Gasteiger partial charge >= 0.3 is 0 Å². The summed E-state index contributed by atoms with van der Waals surface area (Å²) in [5.74, 6) is 0.458. The smallest absolute Gasteiger partial charge is 0.160 e. The first kappa shape index (κ1) is 31.7. The number of aryl methyl sites for hydroxylation is 1. The lowest BCUT2D eigenvalue weighted by Crippen LogP contribution is -2.40. The molecule has 0 fully saturated rings. The molecule has 35 heavy (non-hydrogen) atoms. The molecule has 2 aromatic rings. The first-order valence-corrected chi connectivity index (χ1v) is 12.8. The van der Waals surface area contributed by atoms with E-state index in [-0.39, 0.29) is 45.5 Å². The molecule has 0 unspecified atom stereocenters. The van der Waals surface area contributed by atoms with Gasteiger partial charge in [0.25, 0.3) is 0 Å². The summed E-state index contributed by atoms with van der Waals surface area (Å²) in [6.07, 6.45) is 9.98. The molecule has 0 saturated heterocycles. The van der Waals surface area contributed by atoms with Gasteiger partial charge in [-0.3, -0.25) is 0 Å². The number of fused-ring (bicyclic) bond motifs is 1. The number of phenols is 3. The van der Waals surface area contributed by atoms with Gasteiger partial charge in [0.1, 0.15) is 5.75 Å². The summed E-state index contributed by atoms with van der Waals surface area (Å²) in [6.45, 7) is 8.50. The van der Waals surface area contributed by atoms with Crippen LogP contribution in [0.1, 0.15) is 67.7 Å². The molecule has 1 atom stereocenters. The van der Waals surface area contributed by atoms with Crippen molar-refractivity contribution in [2.45, 2.75) is 77.7 Å². The Morgan fingerprint density at radius 1 is 0.914 bits per heavy atom. The standard InChI is InChI=1S/C28H42N2O3.2BrH/c1-3-17-30(24-10-11-25-23(20-24)9-13-27(32)28(25)33)18-7-5-4-6-15-29-16-14-22-8-12-26(31)21(2)19-22;;/h8-9,12-13,19,24,29,31-33H,3-7,10-11,14-18,20H2,1-2H3;2*1H/t24-;;/m0../s1. The van der Waals surface area contributed by atoms with Gasteiger partial charge in [0.05, 0.1) is 0 Å². The Hall–Kier alpha value is -1.28. The van der Waals surface area contributed by atoms with Crippen molar-refractivity contribution < 1.29 is 15.3 Å². The van der Waals surface area contributed by atoms with Crippen LogP contribution in [0.2, 0.25) is 0 Å². The van der Waals surface area contributed by atoms with E-state index in [9.17, 15) is 15.3 Å². The van der Waals surface area contributed by atoms with Crippen molar-refractivity contribution in [1.82, 2.24) is 10.2 Å². The predicted molar refractivity (Wildman–Crippen MR) is 156 cm³/mol. The van der Waals surface area contributed by atoms with Crippen molar-refractivity contribution in [3.05, 3.63) is 52.6 Å². The largest absolute Gasteiger partial charge is 0.508 e. The van der Waals surface area contributed by atoms with Crippen LogP contribution in [-0.2, 0) is 19.3 Å². The highest BCUT2D eigenvalue weighted by atomic mass is 79.9. The van der Waals surface area contributed by atoms with Gasteiger partial charge in [0.15, 0.2) is 11.5 Å². The van der Waals surface area contributed by atoms with Gasteiger partial charge < -0.3 is 25.5 Å². The maximum Gasteiger partial charge on any atom is 0.160 e. The minimum atomic E-state index is 0. The highest BCUT2D eigenvalue weighted by Gasteiger charge is 2.26. The van der Waals surface area contributed by atoms with Gasteiger partial charge in [-0.25, -0.2) is 0 Å². The third-order valence-electron chi connectivity index (χ3n) is 6.97. The van der Waals surface area contributed by atoms with Gasteiger partial charge in [-0.1, -0.05) is 38.0 Å². The predicted octanol–water partition coefficient (Wildman–Crippen LogP) is 6.23. The number of nitrogens with one attached hydrogen (secondary N) is 1. The third kappa shape index (κ3) is 9.60. The van der Waals surface area contributed by atoms with E-state index in [2.05, 4.69) is 23.2 Å². The Morgan fingerprint density at radius 2 is 1.66 bits per heavy atom. The molecule has 7 heteroatoms. The van der Waals surface area contributed by atoms with E-state index in [1.165, 1.54) is 36.8 Å². The molecule has 0 aliphatic heterocycles. The van der Waals surface area contributed by atoms with Crippen LogP contribution in [0, 0.1) is 6.92 Å². The Bertz CT molecular complexity index is 895. The summed E-state index contributed by atoms with van der Waals surface area (Å²) in [5, 5.41) is 33.1. The second-order valence-corrected chi connectivity index (χ2v) is 9.54. The quantitative estimate of drug-likeness (QED) is 0.159. The number of unbranched alkanes of at least 4 members (excludes halogenated alkanes) is 3. The van der Waals surface area contributed by atoms with Crippen molar-refractivity contribution in [2.24, 2.45) is 0 Å². The molecule has 0 bridgehead atoms.